The van der Waals surface area contributed by atoms with Crippen LogP contribution in [0, 0.1) is 11.8 Å². The Morgan fingerprint density at radius 3 is 2.64 bits per heavy atom. The van der Waals surface area contributed by atoms with Gasteiger partial charge >= 0.3 is 0 Å². The smallest absolute Gasteiger partial charge is 0.0594 e. The molecule has 2 fully saturated rings. The SMILES string of the molecule is CC1(C)[CH]CCC(N2CCOCC2)C1. The lowest BCUT2D eigenvalue weighted by atomic mass is 9.74. The molecule has 0 N–H and O–H groups in total. The Hall–Kier alpha value is -0.0800. The van der Waals surface area contributed by atoms with Gasteiger partial charge in [-0.2, -0.15) is 0 Å². The molecule has 1 unspecified atom stereocenters. The van der Waals surface area contributed by atoms with E-state index in [1.807, 2.05) is 0 Å². The molecule has 1 aliphatic carbocycles. The van der Waals surface area contributed by atoms with Crippen LogP contribution in [0.4, 0.5) is 0 Å². The second kappa shape index (κ2) is 4.19. The summed E-state index contributed by atoms with van der Waals surface area (Å²) in [5, 5.41) is 0. The number of hydrogen-bond donors (Lipinski definition) is 0. The van der Waals surface area contributed by atoms with Crippen LogP contribution in [0.25, 0.3) is 0 Å². The van der Waals surface area contributed by atoms with Gasteiger partial charge in [0.2, 0.25) is 0 Å². The third kappa shape index (κ3) is 2.48. The van der Waals surface area contributed by atoms with E-state index in [9.17, 15) is 0 Å². The highest BCUT2D eigenvalue weighted by Crippen LogP contribution is 2.36. The van der Waals surface area contributed by atoms with Crippen LogP contribution in [0.1, 0.15) is 33.1 Å². The Bertz CT molecular complexity index is 185. The van der Waals surface area contributed by atoms with Crippen molar-refractivity contribution < 1.29 is 4.74 Å². The van der Waals surface area contributed by atoms with Crippen molar-refractivity contribution in [2.45, 2.75) is 39.2 Å². The predicted molar refractivity (Wildman–Crippen MR) is 58.1 cm³/mol. The molecule has 0 aromatic carbocycles. The van der Waals surface area contributed by atoms with Crippen LogP contribution >= 0.6 is 0 Å². The molecule has 1 heterocycles. The highest BCUT2D eigenvalue weighted by Gasteiger charge is 2.31. The fourth-order valence-electron chi connectivity index (χ4n) is 2.71. The summed E-state index contributed by atoms with van der Waals surface area (Å²) in [6, 6.07) is 0.805. The van der Waals surface area contributed by atoms with Crippen LogP contribution in [0.2, 0.25) is 0 Å². The molecule has 0 bridgehead atoms. The van der Waals surface area contributed by atoms with E-state index in [0.29, 0.717) is 5.41 Å². The second-order valence-corrected chi connectivity index (χ2v) is 5.28. The average Bonchev–Trinajstić information content (AvgIpc) is 2.18. The van der Waals surface area contributed by atoms with Crippen molar-refractivity contribution in [3.63, 3.8) is 0 Å². The van der Waals surface area contributed by atoms with Gasteiger partial charge in [0.25, 0.3) is 0 Å². The molecule has 0 amide bonds. The molecule has 2 aliphatic rings. The highest BCUT2D eigenvalue weighted by molar-refractivity contribution is 4.95. The summed E-state index contributed by atoms with van der Waals surface area (Å²) < 4.78 is 5.39. The van der Waals surface area contributed by atoms with Gasteiger partial charge in [0.1, 0.15) is 0 Å². The van der Waals surface area contributed by atoms with Gasteiger partial charge in [0.15, 0.2) is 0 Å². The highest BCUT2D eigenvalue weighted by atomic mass is 16.5. The first-order valence-corrected chi connectivity index (χ1v) is 5.83. The third-order valence-electron chi connectivity index (χ3n) is 3.52. The topological polar surface area (TPSA) is 12.5 Å². The van der Waals surface area contributed by atoms with Crippen LogP contribution in [-0.2, 0) is 4.74 Å². The van der Waals surface area contributed by atoms with Gasteiger partial charge in [-0.3, -0.25) is 4.90 Å². The minimum Gasteiger partial charge on any atom is -0.379 e. The molecule has 2 rings (SSSR count). The molecule has 14 heavy (non-hydrogen) atoms. The number of ether oxygens (including phenoxy) is 1. The Kier molecular flexibility index (Phi) is 3.13. The van der Waals surface area contributed by atoms with E-state index < -0.39 is 0 Å². The maximum atomic E-state index is 5.39. The summed E-state index contributed by atoms with van der Waals surface area (Å²) in [5.41, 5.74) is 0.446. The Morgan fingerprint density at radius 2 is 2.00 bits per heavy atom. The van der Waals surface area contributed by atoms with Gasteiger partial charge in [0.05, 0.1) is 13.2 Å². The van der Waals surface area contributed by atoms with Crippen LogP contribution in [0.5, 0.6) is 0 Å². The summed E-state index contributed by atoms with van der Waals surface area (Å²) >= 11 is 0. The van der Waals surface area contributed by atoms with Crippen LogP contribution in [0.3, 0.4) is 0 Å². The monoisotopic (exact) mass is 196 g/mol. The number of hydrogen-bond acceptors (Lipinski definition) is 2. The largest absolute Gasteiger partial charge is 0.379 e. The zero-order valence-corrected chi connectivity index (χ0v) is 9.46. The second-order valence-electron chi connectivity index (χ2n) is 5.28. The molecule has 0 aromatic heterocycles. The molecule has 81 valence electrons. The summed E-state index contributed by atoms with van der Waals surface area (Å²) in [5.74, 6) is 0. The van der Waals surface area contributed by atoms with Crippen molar-refractivity contribution >= 4 is 0 Å². The Balaban J connectivity index is 1.89. The normalized spacial score (nSPS) is 34.3. The zero-order valence-electron chi connectivity index (χ0n) is 9.46. The predicted octanol–water partition coefficient (Wildman–Crippen LogP) is 2.10. The minimum atomic E-state index is 0.446. The Morgan fingerprint density at radius 1 is 1.29 bits per heavy atom. The quantitative estimate of drug-likeness (QED) is 0.637. The van der Waals surface area contributed by atoms with Gasteiger partial charge in [-0.1, -0.05) is 13.8 Å². The number of rotatable bonds is 1. The lowest BCUT2D eigenvalue weighted by Crippen LogP contribution is -2.46. The maximum Gasteiger partial charge on any atom is 0.0594 e. The molecule has 2 nitrogen and oxygen atoms in total. The number of nitrogens with zero attached hydrogens (tertiary/aromatic N) is 1. The van der Waals surface area contributed by atoms with Gasteiger partial charge in [0, 0.05) is 19.1 Å². The van der Waals surface area contributed by atoms with Crippen LogP contribution in [0.15, 0.2) is 0 Å². The van der Waals surface area contributed by atoms with E-state index in [-0.39, 0.29) is 0 Å². The fourth-order valence-corrected chi connectivity index (χ4v) is 2.71. The van der Waals surface area contributed by atoms with Crippen molar-refractivity contribution in [1.29, 1.82) is 0 Å². The molecule has 0 spiro atoms. The van der Waals surface area contributed by atoms with E-state index in [2.05, 4.69) is 25.2 Å². The average molecular weight is 196 g/mol. The van der Waals surface area contributed by atoms with E-state index >= 15 is 0 Å². The van der Waals surface area contributed by atoms with Crippen molar-refractivity contribution in [2.75, 3.05) is 26.3 Å². The first-order chi connectivity index (χ1) is 6.67. The van der Waals surface area contributed by atoms with Crippen molar-refractivity contribution in [3.8, 4) is 0 Å². The van der Waals surface area contributed by atoms with E-state index in [4.69, 9.17) is 4.74 Å². The van der Waals surface area contributed by atoms with E-state index in [1.54, 1.807) is 0 Å². The van der Waals surface area contributed by atoms with Gasteiger partial charge in [-0.25, -0.2) is 0 Å². The molecular weight excluding hydrogens is 174 g/mol. The number of morpholine rings is 1. The first kappa shape index (κ1) is 10.4. The lowest BCUT2D eigenvalue weighted by Gasteiger charge is -2.42. The molecular formula is C12H22NO. The standard InChI is InChI=1S/C12H22NO/c1-12(2)5-3-4-11(10-12)13-6-8-14-9-7-13/h5,11H,3-4,6-10H2,1-2H3. The molecule has 2 heteroatoms. The molecule has 1 radical (unpaired) electrons. The van der Waals surface area contributed by atoms with Crippen molar-refractivity contribution in [2.24, 2.45) is 5.41 Å². The van der Waals surface area contributed by atoms with Crippen molar-refractivity contribution in [1.82, 2.24) is 4.90 Å². The lowest BCUT2D eigenvalue weighted by molar-refractivity contribution is 0.00134. The third-order valence-corrected chi connectivity index (χ3v) is 3.52. The first-order valence-electron chi connectivity index (χ1n) is 5.83. The van der Waals surface area contributed by atoms with Crippen LogP contribution in [-0.4, -0.2) is 37.2 Å². The Labute approximate surface area is 87.6 Å². The van der Waals surface area contributed by atoms with Gasteiger partial charge < -0.3 is 4.74 Å². The maximum absolute atomic E-state index is 5.39. The van der Waals surface area contributed by atoms with Crippen molar-refractivity contribution in [3.05, 3.63) is 6.42 Å². The molecule has 0 aromatic rings. The summed E-state index contributed by atoms with van der Waals surface area (Å²) in [6.45, 7) is 8.86. The van der Waals surface area contributed by atoms with E-state index in [0.717, 1.165) is 32.3 Å². The van der Waals surface area contributed by atoms with Gasteiger partial charge in [-0.15, -0.1) is 0 Å². The van der Waals surface area contributed by atoms with Gasteiger partial charge in [-0.05, 0) is 31.1 Å². The molecule has 1 saturated heterocycles. The molecule has 1 saturated carbocycles. The zero-order chi connectivity index (χ0) is 10.0. The van der Waals surface area contributed by atoms with Crippen LogP contribution < -0.4 is 0 Å². The summed E-state index contributed by atoms with van der Waals surface area (Å²) in [6.07, 6.45) is 6.45. The molecule has 1 atom stereocenters. The molecule has 1 aliphatic heterocycles. The minimum absolute atomic E-state index is 0.446. The fraction of sp³-hybridized carbons (Fsp3) is 0.917. The summed E-state index contributed by atoms with van der Waals surface area (Å²) in [4.78, 5) is 2.62. The van der Waals surface area contributed by atoms with E-state index in [1.165, 1.54) is 19.3 Å². The summed E-state index contributed by atoms with van der Waals surface area (Å²) in [7, 11) is 0.